The van der Waals surface area contributed by atoms with Gasteiger partial charge in [-0.3, -0.25) is 4.79 Å². The van der Waals surface area contributed by atoms with Crippen molar-refractivity contribution in [1.29, 1.82) is 0 Å². The lowest BCUT2D eigenvalue weighted by Gasteiger charge is -2.09. The Morgan fingerprint density at radius 3 is 2.33 bits per heavy atom. The van der Waals surface area contributed by atoms with Crippen LogP contribution in [0.25, 0.3) is 0 Å². The molecule has 0 radical (unpaired) electrons. The Kier molecular flexibility index (Phi) is 5.89. The van der Waals surface area contributed by atoms with Crippen molar-refractivity contribution >= 4 is 35.3 Å². The van der Waals surface area contributed by atoms with Gasteiger partial charge in [-0.25, -0.2) is 5.43 Å². The summed E-state index contributed by atoms with van der Waals surface area (Å²) in [5.74, 6) is -0.148. The van der Waals surface area contributed by atoms with Crippen LogP contribution in [0.4, 0.5) is 0 Å². The molecule has 2 rings (SSSR count). The number of hydrazone groups is 1. The van der Waals surface area contributed by atoms with Gasteiger partial charge in [0.25, 0.3) is 5.91 Å². The Morgan fingerprint density at radius 1 is 1.17 bits per heavy atom. The van der Waals surface area contributed by atoms with Gasteiger partial charge in [0, 0.05) is 10.6 Å². The standard InChI is InChI=1S/C16H14Cl2N2O4/c1-23-13-5-9(6-14(24-2)15(13)21)8-19-20-16(22)11-4-3-10(17)7-12(11)18/h3-8,21H,1-2H3,(H,20,22). The van der Waals surface area contributed by atoms with Crippen molar-refractivity contribution in [3.63, 3.8) is 0 Å². The highest BCUT2D eigenvalue weighted by atomic mass is 35.5. The molecule has 0 aliphatic carbocycles. The number of carbonyl (C=O) groups is 1. The highest BCUT2D eigenvalue weighted by Gasteiger charge is 2.11. The molecule has 0 bridgehead atoms. The number of carbonyl (C=O) groups excluding carboxylic acids is 1. The summed E-state index contributed by atoms with van der Waals surface area (Å²) in [5, 5.41) is 14.4. The minimum atomic E-state index is -0.481. The summed E-state index contributed by atoms with van der Waals surface area (Å²) in [6.07, 6.45) is 1.38. The van der Waals surface area contributed by atoms with E-state index in [2.05, 4.69) is 10.5 Å². The fraction of sp³-hybridized carbons (Fsp3) is 0.125. The number of nitrogens with zero attached hydrogens (tertiary/aromatic N) is 1. The summed E-state index contributed by atoms with van der Waals surface area (Å²) in [5.41, 5.74) is 3.16. The lowest BCUT2D eigenvalue weighted by molar-refractivity contribution is 0.0955. The van der Waals surface area contributed by atoms with Gasteiger partial charge in [0.1, 0.15) is 0 Å². The van der Waals surface area contributed by atoms with Crippen LogP contribution < -0.4 is 14.9 Å². The zero-order chi connectivity index (χ0) is 17.7. The summed E-state index contributed by atoms with van der Waals surface area (Å²) in [6.45, 7) is 0. The monoisotopic (exact) mass is 368 g/mol. The maximum Gasteiger partial charge on any atom is 0.272 e. The van der Waals surface area contributed by atoms with Gasteiger partial charge in [0.2, 0.25) is 5.75 Å². The fourth-order valence-corrected chi connectivity index (χ4v) is 2.38. The maximum absolute atomic E-state index is 12.0. The normalized spacial score (nSPS) is 10.7. The Labute approximate surface area is 148 Å². The second-order valence-corrected chi connectivity index (χ2v) is 5.44. The number of benzene rings is 2. The zero-order valence-electron chi connectivity index (χ0n) is 12.8. The Morgan fingerprint density at radius 2 is 1.79 bits per heavy atom. The third kappa shape index (κ3) is 4.10. The van der Waals surface area contributed by atoms with Crippen LogP contribution in [0.1, 0.15) is 15.9 Å². The molecular formula is C16H14Cl2N2O4. The number of ether oxygens (including phenoxy) is 2. The number of aromatic hydroxyl groups is 1. The summed E-state index contributed by atoms with van der Waals surface area (Å²) in [7, 11) is 2.83. The Hall–Kier alpha value is -2.44. The van der Waals surface area contributed by atoms with E-state index < -0.39 is 5.91 Å². The summed E-state index contributed by atoms with van der Waals surface area (Å²) < 4.78 is 10.1. The van der Waals surface area contributed by atoms with Crippen LogP contribution >= 0.6 is 23.2 Å². The van der Waals surface area contributed by atoms with E-state index in [-0.39, 0.29) is 27.8 Å². The third-order valence-corrected chi connectivity index (χ3v) is 3.61. The van der Waals surface area contributed by atoms with Gasteiger partial charge in [-0.15, -0.1) is 0 Å². The summed E-state index contributed by atoms with van der Waals surface area (Å²) in [6, 6.07) is 7.62. The molecule has 0 spiro atoms. The third-order valence-electron chi connectivity index (χ3n) is 3.06. The number of nitrogens with one attached hydrogen (secondary N) is 1. The zero-order valence-corrected chi connectivity index (χ0v) is 14.4. The second kappa shape index (κ2) is 7.90. The van der Waals surface area contributed by atoms with Crippen molar-refractivity contribution in [2.75, 3.05) is 14.2 Å². The number of phenols is 1. The van der Waals surface area contributed by atoms with Gasteiger partial charge in [-0.05, 0) is 30.3 Å². The fourth-order valence-electron chi connectivity index (χ4n) is 1.89. The van der Waals surface area contributed by atoms with Gasteiger partial charge < -0.3 is 14.6 Å². The summed E-state index contributed by atoms with van der Waals surface area (Å²) in [4.78, 5) is 12.0. The van der Waals surface area contributed by atoms with Gasteiger partial charge in [-0.2, -0.15) is 5.10 Å². The van der Waals surface area contributed by atoms with E-state index in [0.29, 0.717) is 10.6 Å². The molecule has 0 fully saturated rings. The molecule has 2 aromatic rings. The van der Waals surface area contributed by atoms with Crippen LogP contribution in [0.5, 0.6) is 17.2 Å². The molecule has 0 aliphatic rings. The van der Waals surface area contributed by atoms with Crippen molar-refractivity contribution in [2.24, 2.45) is 5.10 Å². The first-order valence-electron chi connectivity index (χ1n) is 6.69. The predicted molar refractivity (Wildman–Crippen MR) is 92.7 cm³/mol. The van der Waals surface area contributed by atoms with Crippen LogP contribution in [0.15, 0.2) is 35.4 Å². The van der Waals surface area contributed by atoms with Gasteiger partial charge >= 0.3 is 0 Å². The van der Waals surface area contributed by atoms with E-state index in [1.165, 1.54) is 32.6 Å². The highest BCUT2D eigenvalue weighted by Crippen LogP contribution is 2.36. The molecule has 6 nitrogen and oxygen atoms in total. The smallest absolute Gasteiger partial charge is 0.272 e. The van der Waals surface area contributed by atoms with Gasteiger partial charge in [-0.1, -0.05) is 23.2 Å². The summed E-state index contributed by atoms with van der Waals surface area (Å²) >= 11 is 11.7. The number of rotatable bonds is 5. The van der Waals surface area contributed by atoms with Crippen molar-refractivity contribution in [1.82, 2.24) is 5.43 Å². The average Bonchev–Trinajstić information content (AvgIpc) is 2.55. The quantitative estimate of drug-likeness (QED) is 0.625. The van der Waals surface area contributed by atoms with Crippen molar-refractivity contribution < 1.29 is 19.4 Å². The molecule has 0 aliphatic heterocycles. The molecular weight excluding hydrogens is 355 g/mol. The maximum atomic E-state index is 12.0. The first-order chi connectivity index (χ1) is 11.5. The minimum Gasteiger partial charge on any atom is -0.502 e. The molecule has 1 amide bonds. The van der Waals surface area contributed by atoms with E-state index in [0.717, 1.165) is 0 Å². The molecule has 2 N–H and O–H groups in total. The van der Waals surface area contributed by atoms with Crippen molar-refractivity contribution in [3.8, 4) is 17.2 Å². The number of hydrogen-bond donors (Lipinski definition) is 2. The SMILES string of the molecule is COc1cc(C=NNC(=O)c2ccc(Cl)cc2Cl)cc(OC)c1O. The molecule has 2 aromatic carbocycles. The molecule has 0 saturated heterocycles. The average molecular weight is 369 g/mol. The van der Waals surface area contributed by atoms with Crippen LogP contribution in [0.2, 0.25) is 10.0 Å². The van der Waals surface area contributed by atoms with Crippen LogP contribution in [0, 0.1) is 0 Å². The molecule has 0 heterocycles. The number of methoxy groups -OCH3 is 2. The van der Waals surface area contributed by atoms with E-state index in [1.54, 1.807) is 18.2 Å². The first kappa shape index (κ1) is 17.9. The lowest BCUT2D eigenvalue weighted by atomic mass is 10.2. The van der Waals surface area contributed by atoms with E-state index >= 15 is 0 Å². The second-order valence-electron chi connectivity index (χ2n) is 4.60. The highest BCUT2D eigenvalue weighted by molar-refractivity contribution is 6.36. The predicted octanol–water partition coefficient (Wildman–Crippen LogP) is 3.48. The molecule has 0 atom stereocenters. The molecule has 0 unspecified atom stereocenters. The first-order valence-corrected chi connectivity index (χ1v) is 7.45. The molecule has 126 valence electrons. The number of halogens is 2. The van der Waals surface area contributed by atoms with E-state index in [4.69, 9.17) is 32.7 Å². The van der Waals surface area contributed by atoms with E-state index in [1.807, 2.05) is 0 Å². The van der Waals surface area contributed by atoms with Gasteiger partial charge in [0.05, 0.1) is 31.0 Å². The Bertz CT molecular complexity index is 769. The van der Waals surface area contributed by atoms with Crippen molar-refractivity contribution in [3.05, 3.63) is 51.5 Å². The van der Waals surface area contributed by atoms with Crippen molar-refractivity contribution in [2.45, 2.75) is 0 Å². The van der Waals surface area contributed by atoms with Crippen LogP contribution in [0.3, 0.4) is 0 Å². The minimum absolute atomic E-state index is 0.117. The van der Waals surface area contributed by atoms with Gasteiger partial charge in [0.15, 0.2) is 11.5 Å². The Balaban J connectivity index is 2.15. The van der Waals surface area contributed by atoms with Crippen LogP contribution in [-0.4, -0.2) is 31.4 Å². The topological polar surface area (TPSA) is 80.2 Å². The largest absolute Gasteiger partial charge is 0.502 e. The molecule has 0 aromatic heterocycles. The molecule has 24 heavy (non-hydrogen) atoms. The van der Waals surface area contributed by atoms with E-state index in [9.17, 15) is 9.90 Å². The van der Waals surface area contributed by atoms with Crippen LogP contribution in [-0.2, 0) is 0 Å². The molecule has 8 heteroatoms. The lowest BCUT2D eigenvalue weighted by Crippen LogP contribution is -2.18. The molecule has 0 saturated carbocycles. The number of hydrogen-bond acceptors (Lipinski definition) is 5. The number of phenolic OH excluding ortho intramolecular Hbond substituents is 1. The number of amides is 1.